The maximum absolute atomic E-state index is 2.41. The standard InChI is InChI=1S/C11H19Si.Li/c1-4-12(5-2,6-3)11-9-7-8-10-11;/h7,9H,4-6,8H2,1-3H3;. The van der Waals surface area contributed by atoms with Crippen molar-refractivity contribution >= 4 is 25.8 Å². The molecule has 0 nitrogen and oxygen atoms in total. The first kappa shape index (κ1) is 11.4. The molecule has 0 saturated heterocycles. The monoisotopic (exact) mass is 186 g/mol. The van der Waals surface area contributed by atoms with Crippen molar-refractivity contribution in [3.63, 3.8) is 0 Å². The van der Waals surface area contributed by atoms with E-state index in [4.69, 9.17) is 0 Å². The van der Waals surface area contributed by atoms with Gasteiger partial charge in [-0.25, -0.2) is 0 Å². The quantitative estimate of drug-likeness (QED) is 0.590. The van der Waals surface area contributed by atoms with Crippen LogP contribution in [0.3, 0.4) is 0 Å². The van der Waals surface area contributed by atoms with Gasteiger partial charge < -0.3 is 0 Å². The fourth-order valence-corrected chi connectivity index (χ4v) is 6.68. The van der Waals surface area contributed by atoms with Gasteiger partial charge in [0.2, 0.25) is 0 Å². The van der Waals surface area contributed by atoms with Crippen molar-refractivity contribution < 1.29 is 0 Å². The van der Waals surface area contributed by atoms with Crippen molar-refractivity contribution in [3.05, 3.63) is 21.6 Å². The average Bonchev–Trinajstić information content (AvgIpc) is 2.57. The molecule has 0 aromatic rings. The molecule has 0 N–H and O–H groups in total. The summed E-state index contributed by atoms with van der Waals surface area (Å²) < 4.78 is 1.65. The van der Waals surface area contributed by atoms with Gasteiger partial charge in [-0.2, -0.15) is 0 Å². The fraction of sp³-hybridized carbons (Fsp3) is 0.636. The fourth-order valence-electron chi connectivity index (χ4n) is 2.56. The zero-order chi connectivity index (χ0) is 9.90. The van der Waals surface area contributed by atoms with Crippen LogP contribution in [0.25, 0.3) is 0 Å². The second-order valence-electron chi connectivity index (χ2n) is 4.14. The average molecular weight is 186 g/mol. The first-order chi connectivity index (χ1) is 6.20. The SMILES string of the molecule is [Li][C]1=C([Si](CC)(CC)CC)C=CC1. The maximum atomic E-state index is 2.41. The van der Waals surface area contributed by atoms with E-state index in [9.17, 15) is 0 Å². The van der Waals surface area contributed by atoms with Gasteiger partial charge in [0.25, 0.3) is 0 Å². The summed E-state index contributed by atoms with van der Waals surface area (Å²) in [6.07, 6.45) is 5.97. The van der Waals surface area contributed by atoms with Gasteiger partial charge in [-0.3, -0.25) is 0 Å². The Morgan fingerprint density at radius 3 is 2.08 bits per heavy atom. The first-order valence-electron chi connectivity index (χ1n) is 5.57. The molecular weight excluding hydrogens is 167 g/mol. The predicted molar refractivity (Wildman–Crippen MR) is 63.7 cm³/mol. The molecule has 1 aliphatic carbocycles. The van der Waals surface area contributed by atoms with E-state index in [0.29, 0.717) is 0 Å². The Bertz CT molecular complexity index is 228. The summed E-state index contributed by atoms with van der Waals surface area (Å²) in [7, 11) is -1.05. The molecule has 0 aromatic heterocycles. The molecule has 0 fully saturated rings. The minimum atomic E-state index is -1.05. The summed E-state index contributed by atoms with van der Waals surface area (Å²) >= 11 is 2.32. The van der Waals surface area contributed by atoms with Crippen molar-refractivity contribution in [2.45, 2.75) is 45.3 Å². The van der Waals surface area contributed by atoms with Crippen LogP contribution in [0.4, 0.5) is 0 Å². The Labute approximate surface area is 92.7 Å². The molecule has 0 amide bonds. The Kier molecular flexibility index (Phi) is 4.10. The van der Waals surface area contributed by atoms with E-state index in [-0.39, 0.29) is 0 Å². The summed E-state index contributed by atoms with van der Waals surface area (Å²) in [5, 5.41) is 1.76. The van der Waals surface area contributed by atoms with Gasteiger partial charge in [0.05, 0.1) is 0 Å². The van der Waals surface area contributed by atoms with Crippen molar-refractivity contribution in [2.24, 2.45) is 0 Å². The second kappa shape index (κ2) is 4.69. The molecule has 0 heterocycles. The summed E-state index contributed by atoms with van der Waals surface area (Å²) in [4.78, 5) is 0. The minimum absolute atomic E-state index is 1.05. The number of hydrogen-bond acceptors (Lipinski definition) is 0. The second-order valence-corrected chi connectivity index (χ2v) is 9.36. The van der Waals surface area contributed by atoms with Gasteiger partial charge >= 0.3 is 92.7 Å². The number of hydrogen-bond donors (Lipinski definition) is 0. The zero-order valence-corrected chi connectivity index (χ0v) is 10.5. The van der Waals surface area contributed by atoms with Crippen LogP contribution < -0.4 is 0 Å². The van der Waals surface area contributed by atoms with Crippen LogP contribution in [-0.4, -0.2) is 25.8 Å². The van der Waals surface area contributed by atoms with E-state index < -0.39 is 8.07 Å². The molecule has 0 aromatic carbocycles. The van der Waals surface area contributed by atoms with Gasteiger partial charge in [-0.05, 0) is 0 Å². The molecule has 1 aliphatic rings. The molecule has 0 aliphatic heterocycles. The topological polar surface area (TPSA) is 0 Å². The number of allylic oxidation sites excluding steroid dienone is 4. The summed E-state index contributed by atoms with van der Waals surface area (Å²) in [5.74, 6) is 0. The van der Waals surface area contributed by atoms with Crippen LogP contribution in [0.5, 0.6) is 0 Å². The normalized spacial score (nSPS) is 17.3. The molecule has 0 saturated carbocycles. The Balaban J connectivity index is 2.99. The molecule has 0 bridgehead atoms. The van der Waals surface area contributed by atoms with Crippen LogP contribution in [-0.2, 0) is 0 Å². The van der Waals surface area contributed by atoms with Gasteiger partial charge in [0.15, 0.2) is 0 Å². The third-order valence-electron chi connectivity index (χ3n) is 3.77. The first-order valence-corrected chi connectivity index (χ1v) is 8.19. The third-order valence-corrected chi connectivity index (χ3v) is 9.57. The van der Waals surface area contributed by atoms with E-state index in [0.717, 1.165) is 0 Å². The molecule has 0 spiro atoms. The van der Waals surface area contributed by atoms with Gasteiger partial charge in [0, 0.05) is 0 Å². The third kappa shape index (κ3) is 2.04. The van der Waals surface area contributed by atoms with Crippen molar-refractivity contribution in [1.82, 2.24) is 0 Å². The van der Waals surface area contributed by atoms with Gasteiger partial charge in [-0.15, -0.1) is 0 Å². The summed E-state index contributed by atoms with van der Waals surface area (Å²) in [5.41, 5.74) is 0. The van der Waals surface area contributed by atoms with E-state index in [1.165, 1.54) is 24.6 Å². The van der Waals surface area contributed by atoms with Crippen LogP contribution in [0.1, 0.15) is 27.2 Å². The van der Waals surface area contributed by atoms with Crippen LogP contribution in [0, 0.1) is 0 Å². The zero-order valence-electron chi connectivity index (χ0n) is 9.48. The van der Waals surface area contributed by atoms with Gasteiger partial charge in [-0.1, -0.05) is 0 Å². The molecule has 2 heteroatoms. The van der Waals surface area contributed by atoms with Crippen molar-refractivity contribution in [1.29, 1.82) is 0 Å². The molecule has 0 radical (unpaired) electrons. The molecule has 1 rings (SSSR count). The Hall–Kier alpha value is 0.294. The molecular formula is C11H19LiSi. The van der Waals surface area contributed by atoms with E-state index >= 15 is 0 Å². The van der Waals surface area contributed by atoms with E-state index in [1.54, 1.807) is 9.44 Å². The molecule has 68 valence electrons. The summed E-state index contributed by atoms with van der Waals surface area (Å²) in [6.45, 7) is 7.14. The molecule has 0 atom stereocenters. The van der Waals surface area contributed by atoms with Crippen LogP contribution in [0.15, 0.2) is 21.6 Å². The van der Waals surface area contributed by atoms with E-state index in [1.807, 2.05) is 0 Å². The number of rotatable bonds is 4. The Morgan fingerprint density at radius 2 is 1.77 bits per heavy atom. The molecule has 13 heavy (non-hydrogen) atoms. The molecule has 0 unspecified atom stereocenters. The van der Waals surface area contributed by atoms with Crippen LogP contribution >= 0.6 is 0 Å². The van der Waals surface area contributed by atoms with Crippen molar-refractivity contribution in [2.75, 3.05) is 0 Å². The predicted octanol–water partition coefficient (Wildman–Crippen LogP) is 3.42. The summed E-state index contributed by atoms with van der Waals surface area (Å²) in [6, 6.07) is 4.24. The van der Waals surface area contributed by atoms with Gasteiger partial charge in [0.1, 0.15) is 0 Å². The van der Waals surface area contributed by atoms with Crippen molar-refractivity contribution in [3.8, 4) is 0 Å². The Morgan fingerprint density at radius 1 is 1.23 bits per heavy atom. The van der Waals surface area contributed by atoms with Crippen LogP contribution in [0.2, 0.25) is 18.1 Å². The van der Waals surface area contributed by atoms with E-state index in [2.05, 4.69) is 50.6 Å².